The van der Waals surface area contributed by atoms with Gasteiger partial charge in [0.05, 0.1) is 6.10 Å². The Bertz CT molecular complexity index is 781. The number of amides is 3. The van der Waals surface area contributed by atoms with Crippen LogP contribution in [0.5, 0.6) is 0 Å². The molecule has 2 fully saturated rings. The van der Waals surface area contributed by atoms with Gasteiger partial charge in [-0.3, -0.25) is 4.79 Å². The average molecular weight is 450 g/mol. The number of carbonyl (C=O) groups is 2. The Labute approximate surface area is 190 Å². The Morgan fingerprint density at radius 1 is 1.16 bits per heavy atom. The summed E-state index contributed by atoms with van der Waals surface area (Å²) in [5.41, 5.74) is 1.16. The number of carbonyl (C=O) groups excluding carboxylic acids is 2. The van der Waals surface area contributed by atoms with E-state index in [-0.39, 0.29) is 35.4 Å². The van der Waals surface area contributed by atoms with Crippen LogP contribution in [0.25, 0.3) is 0 Å². The van der Waals surface area contributed by atoms with E-state index in [0.717, 1.165) is 17.9 Å². The van der Waals surface area contributed by atoms with Crippen molar-refractivity contribution in [2.24, 2.45) is 11.3 Å². The highest BCUT2D eigenvalue weighted by molar-refractivity contribution is 6.30. The number of halogens is 1. The van der Waals surface area contributed by atoms with Gasteiger partial charge in [0.2, 0.25) is 5.91 Å². The number of rotatable bonds is 5. The summed E-state index contributed by atoms with van der Waals surface area (Å²) < 4.78 is 0. The van der Waals surface area contributed by atoms with E-state index in [1.807, 2.05) is 30.9 Å². The van der Waals surface area contributed by atoms with E-state index in [0.29, 0.717) is 31.8 Å². The highest BCUT2D eigenvalue weighted by atomic mass is 35.5. The summed E-state index contributed by atoms with van der Waals surface area (Å²) >= 11 is 6.05. The lowest BCUT2D eigenvalue weighted by molar-refractivity contribution is -0.137. The van der Waals surface area contributed by atoms with Gasteiger partial charge in [-0.2, -0.15) is 0 Å². The molecule has 0 radical (unpaired) electrons. The molecule has 1 aliphatic heterocycles. The van der Waals surface area contributed by atoms with Crippen LogP contribution >= 0.6 is 11.6 Å². The van der Waals surface area contributed by atoms with Crippen LogP contribution in [0.2, 0.25) is 5.02 Å². The van der Waals surface area contributed by atoms with Crippen molar-refractivity contribution >= 4 is 23.5 Å². The SMILES string of the molecule is CC(C)[C@@H](NC(=O)N[C@H]1CC[C@H](O)C1)C(=O)N1CCC(c2ccc(Cl)cc2)C(C)(C)C1. The summed E-state index contributed by atoms with van der Waals surface area (Å²) in [5, 5.41) is 16.2. The molecular formula is C24H36ClN3O3. The van der Waals surface area contributed by atoms with Gasteiger partial charge in [0.25, 0.3) is 0 Å². The van der Waals surface area contributed by atoms with Gasteiger partial charge in [-0.25, -0.2) is 4.79 Å². The van der Waals surface area contributed by atoms with Crippen molar-refractivity contribution in [2.75, 3.05) is 13.1 Å². The number of nitrogens with zero attached hydrogens (tertiary/aromatic N) is 1. The maximum Gasteiger partial charge on any atom is 0.315 e. The molecular weight excluding hydrogens is 414 g/mol. The van der Waals surface area contributed by atoms with E-state index in [1.165, 1.54) is 5.56 Å². The first-order chi connectivity index (χ1) is 14.6. The van der Waals surface area contributed by atoms with E-state index in [2.05, 4.69) is 36.6 Å². The Hall–Kier alpha value is -1.79. The second-order valence-electron chi connectivity index (χ2n) is 10.1. The second kappa shape index (κ2) is 9.78. The zero-order valence-corrected chi connectivity index (χ0v) is 19.8. The van der Waals surface area contributed by atoms with Crippen LogP contribution in [-0.2, 0) is 4.79 Å². The normalized spacial score (nSPS) is 26.5. The van der Waals surface area contributed by atoms with Crippen LogP contribution in [0.4, 0.5) is 4.79 Å². The Kier molecular flexibility index (Phi) is 7.53. The Morgan fingerprint density at radius 3 is 2.39 bits per heavy atom. The molecule has 1 aliphatic carbocycles. The number of likely N-dealkylation sites (tertiary alicyclic amines) is 1. The van der Waals surface area contributed by atoms with Gasteiger partial charge in [-0.15, -0.1) is 0 Å². The summed E-state index contributed by atoms with van der Waals surface area (Å²) in [7, 11) is 0. The minimum atomic E-state index is -0.575. The summed E-state index contributed by atoms with van der Waals surface area (Å²) in [5.74, 6) is 0.292. The van der Waals surface area contributed by atoms with Crippen molar-refractivity contribution < 1.29 is 14.7 Å². The predicted octanol–water partition coefficient (Wildman–Crippen LogP) is 3.92. The van der Waals surface area contributed by atoms with E-state index < -0.39 is 6.04 Å². The zero-order valence-electron chi connectivity index (χ0n) is 19.0. The summed E-state index contributed by atoms with van der Waals surface area (Å²) in [6, 6.07) is 7.06. The number of aliphatic hydroxyl groups is 1. The third-order valence-electron chi connectivity index (χ3n) is 6.77. The fourth-order valence-corrected chi connectivity index (χ4v) is 5.15. The molecule has 172 valence electrons. The summed E-state index contributed by atoms with van der Waals surface area (Å²) in [4.78, 5) is 27.8. The Morgan fingerprint density at radius 2 is 1.84 bits per heavy atom. The number of aliphatic hydroxyl groups excluding tert-OH is 1. The molecule has 1 saturated heterocycles. The highest BCUT2D eigenvalue weighted by Crippen LogP contribution is 2.42. The third-order valence-corrected chi connectivity index (χ3v) is 7.02. The maximum atomic E-state index is 13.4. The van der Waals surface area contributed by atoms with Crippen LogP contribution in [0, 0.1) is 11.3 Å². The third kappa shape index (κ3) is 5.92. The molecule has 0 aromatic heterocycles. The number of hydrogen-bond donors (Lipinski definition) is 3. The minimum Gasteiger partial charge on any atom is -0.393 e. The number of hydrogen-bond acceptors (Lipinski definition) is 3. The highest BCUT2D eigenvalue weighted by Gasteiger charge is 2.40. The average Bonchev–Trinajstić information content (AvgIpc) is 3.10. The topological polar surface area (TPSA) is 81.7 Å². The first kappa shape index (κ1) is 23.9. The molecule has 1 heterocycles. The summed E-state index contributed by atoms with van der Waals surface area (Å²) in [6.45, 7) is 9.60. The van der Waals surface area contributed by atoms with Crippen molar-refractivity contribution in [3.63, 3.8) is 0 Å². The second-order valence-corrected chi connectivity index (χ2v) is 10.6. The largest absolute Gasteiger partial charge is 0.393 e. The van der Waals surface area contributed by atoms with E-state index >= 15 is 0 Å². The van der Waals surface area contributed by atoms with Crippen LogP contribution < -0.4 is 10.6 Å². The van der Waals surface area contributed by atoms with Crippen LogP contribution in [0.15, 0.2) is 24.3 Å². The molecule has 1 saturated carbocycles. The van der Waals surface area contributed by atoms with Crippen LogP contribution in [-0.4, -0.2) is 53.2 Å². The molecule has 1 aromatic carbocycles. The molecule has 0 bridgehead atoms. The predicted molar refractivity (Wildman–Crippen MR) is 123 cm³/mol. The lowest BCUT2D eigenvalue weighted by atomic mass is 9.70. The zero-order chi connectivity index (χ0) is 22.8. The van der Waals surface area contributed by atoms with E-state index in [4.69, 9.17) is 11.6 Å². The van der Waals surface area contributed by atoms with Gasteiger partial charge in [0.15, 0.2) is 0 Å². The van der Waals surface area contributed by atoms with Gasteiger partial charge < -0.3 is 20.6 Å². The Balaban J connectivity index is 1.63. The number of urea groups is 1. The molecule has 3 rings (SSSR count). The lowest BCUT2D eigenvalue weighted by Gasteiger charge is -2.45. The van der Waals surface area contributed by atoms with Crippen LogP contribution in [0.3, 0.4) is 0 Å². The first-order valence-corrected chi connectivity index (χ1v) is 11.7. The van der Waals surface area contributed by atoms with Gasteiger partial charge in [-0.05, 0) is 60.6 Å². The van der Waals surface area contributed by atoms with Gasteiger partial charge in [0, 0.05) is 24.2 Å². The fourth-order valence-electron chi connectivity index (χ4n) is 5.03. The monoisotopic (exact) mass is 449 g/mol. The van der Waals surface area contributed by atoms with Crippen molar-refractivity contribution in [1.29, 1.82) is 0 Å². The van der Waals surface area contributed by atoms with Crippen molar-refractivity contribution in [2.45, 2.75) is 77.5 Å². The quantitative estimate of drug-likeness (QED) is 0.637. The van der Waals surface area contributed by atoms with Crippen molar-refractivity contribution in [3.05, 3.63) is 34.9 Å². The molecule has 7 heteroatoms. The maximum absolute atomic E-state index is 13.4. The van der Waals surface area contributed by atoms with E-state index in [9.17, 15) is 14.7 Å². The molecule has 31 heavy (non-hydrogen) atoms. The number of nitrogens with one attached hydrogen (secondary N) is 2. The summed E-state index contributed by atoms with van der Waals surface area (Å²) in [6.07, 6.45) is 2.56. The molecule has 6 nitrogen and oxygen atoms in total. The molecule has 4 atom stereocenters. The minimum absolute atomic E-state index is 0.0236. The number of benzene rings is 1. The molecule has 1 aromatic rings. The molecule has 3 N–H and O–H groups in total. The van der Waals surface area contributed by atoms with Gasteiger partial charge in [-0.1, -0.05) is 51.4 Å². The standard InChI is InChI=1S/C24H36ClN3O3/c1-15(2)21(27-23(31)26-18-9-10-19(29)13-18)22(30)28-12-11-20(24(3,4)14-28)16-5-7-17(25)8-6-16/h5-8,15,18-21,29H,9-14H2,1-4H3,(H2,26,27,31)/t18-,19-,20?,21+/m0/s1. The molecule has 3 amide bonds. The van der Waals surface area contributed by atoms with Crippen molar-refractivity contribution in [3.8, 4) is 0 Å². The van der Waals surface area contributed by atoms with Crippen LogP contribution in [0.1, 0.15) is 64.9 Å². The molecule has 1 unspecified atom stereocenters. The van der Waals surface area contributed by atoms with Gasteiger partial charge in [0.1, 0.15) is 6.04 Å². The molecule has 2 aliphatic rings. The van der Waals surface area contributed by atoms with Gasteiger partial charge >= 0.3 is 6.03 Å². The smallest absolute Gasteiger partial charge is 0.315 e. The number of piperidine rings is 1. The molecule has 0 spiro atoms. The van der Waals surface area contributed by atoms with Crippen molar-refractivity contribution in [1.82, 2.24) is 15.5 Å². The fraction of sp³-hybridized carbons (Fsp3) is 0.667. The van der Waals surface area contributed by atoms with E-state index in [1.54, 1.807) is 0 Å². The first-order valence-electron chi connectivity index (χ1n) is 11.4. The lowest BCUT2D eigenvalue weighted by Crippen LogP contribution is -2.57.